The maximum Gasteiger partial charge on any atom is 0.350 e. The van der Waals surface area contributed by atoms with Gasteiger partial charge in [-0.05, 0) is 0 Å². The highest BCUT2D eigenvalue weighted by Gasteiger charge is 2.12. The second-order valence-electron chi connectivity index (χ2n) is 3.90. The molecule has 0 saturated carbocycles. The third-order valence-electron chi connectivity index (χ3n) is 2.22. The summed E-state index contributed by atoms with van der Waals surface area (Å²) in [4.78, 5) is 31.9. The Kier molecular flexibility index (Phi) is 4.50. The standard InChI is InChI=1S/C9H14N5O5P/c10-7-6-8(12-4-11-6)14-9(13-7)19-3-1-2-18-5-20(15,16)17/h4H,1-3,5H2,(H2,15,16,17)(H3,10,11,12,13,14). The largest absolute Gasteiger partial charge is 0.463 e. The average molecular weight is 303 g/mol. The molecule has 2 heterocycles. The number of nitrogen functional groups attached to an aromatic ring is 1. The summed E-state index contributed by atoms with van der Waals surface area (Å²) in [6.45, 7) is 0.391. The van der Waals surface area contributed by atoms with Gasteiger partial charge in [0.15, 0.2) is 11.5 Å². The Morgan fingerprint density at radius 3 is 2.90 bits per heavy atom. The molecule has 10 nitrogen and oxygen atoms in total. The van der Waals surface area contributed by atoms with E-state index >= 15 is 0 Å². The summed E-state index contributed by atoms with van der Waals surface area (Å²) in [7, 11) is -4.12. The molecule has 0 aliphatic rings. The molecule has 0 saturated heterocycles. The molecule has 0 radical (unpaired) electrons. The summed E-state index contributed by atoms with van der Waals surface area (Å²) < 4.78 is 20.6. The number of imidazole rings is 1. The van der Waals surface area contributed by atoms with Crippen LogP contribution in [0.15, 0.2) is 6.33 Å². The molecular formula is C9H14N5O5P. The first-order valence-electron chi connectivity index (χ1n) is 5.67. The Balaban J connectivity index is 1.77. The van der Waals surface area contributed by atoms with Gasteiger partial charge in [0.2, 0.25) is 0 Å². The van der Waals surface area contributed by atoms with Crippen molar-refractivity contribution in [3.05, 3.63) is 6.33 Å². The summed E-state index contributed by atoms with van der Waals surface area (Å²) in [6.07, 6.45) is 1.28. The van der Waals surface area contributed by atoms with E-state index in [-0.39, 0.29) is 25.0 Å². The van der Waals surface area contributed by atoms with Crippen LogP contribution in [0.4, 0.5) is 5.82 Å². The van der Waals surface area contributed by atoms with Crippen LogP contribution in [0.2, 0.25) is 0 Å². The molecule has 2 aromatic heterocycles. The van der Waals surface area contributed by atoms with Crippen LogP contribution in [-0.4, -0.2) is 49.3 Å². The van der Waals surface area contributed by atoms with E-state index in [4.69, 9.17) is 25.0 Å². The monoisotopic (exact) mass is 303 g/mol. The van der Waals surface area contributed by atoms with Crippen molar-refractivity contribution in [1.29, 1.82) is 0 Å². The van der Waals surface area contributed by atoms with Gasteiger partial charge in [0.05, 0.1) is 19.5 Å². The van der Waals surface area contributed by atoms with Crippen molar-refractivity contribution < 1.29 is 23.8 Å². The molecule has 0 aliphatic heterocycles. The lowest BCUT2D eigenvalue weighted by Crippen LogP contribution is -2.07. The fraction of sp³-hybridized carbons (Fsp3) is 0.444. The molecule has 0 fully saturated rings. The van der Waals surface area contributed by atoms with Crippen molar-refractivity contribution in [3.63, 3.8) is 0 Å². The number of nitrogens with zero attached hydrogens (tertiary/aromatic N) is 3. The third kappa shape index (κ3) is 4.14. The van der Waals surface area contributed by atoms with Crippen LogP contribution in [-0.2, 0) is 9.30 Å². The number of H-pyrrole nitrogens is 1. The molecule has 5 N–H and O–H groups in total. The molecule has 2 aromatic rings. The Hall–Kier alpha value is -1.74. The van der Waals surface area contributed by atoms with E-state index in [1.807, 2.05) is 0 Å². The van der Waals surface area contributed by atoms with Crippen molar-refractivity contribution in [2.45, 2.75) is 6.42 Å². The molecular weight excluding hydrogens is 289 g/mol. The van der Waals surface area contributed by atoms with E-state index in [1.165, 1.54) is 6.33 Å². The fourth-order valence-corrected chi connectivity index (χ4v) is 1.77. The van der Waals surface area contributed by atoms with Gasteiger partial charge in [0.1, 0.15) is 11.9 Å². The molecule has 0 atom stereocenters. The number of hydrogen-bond donors (Lipinski definition) is 4. The molecule has 0 unspecified atom stereocenters. The maximum absolute atomic E-state index is 10.5. The summed E-state index contributed by atoms with van der Waals surface area (Å²) in [5.74, 6) is 0.236. The van der Waals surface area contributed by atoms with Gasteiger partial charge in [-0.15, -0.1) is 0 Å². The Morgan fingerprint density at radius 2 is 2.15 bits per heavy atom. The highest BCUT2D eigenvalue weighted by molar-refractivity contribution is 7.51. The molecule has 0 bridgehead atoms. The van der Waals surface area contributed by atoms with E-state index < -0.39 is 13.9 Å². The molecule has 0 spiro atoms. The number of anilines is 1. The second-order valence-corrected chi connectivity index (χ2v) is 5.48. The lowest BCUT2D eigenvalue weighted by Gasteiger charge is -2.07. The van der Waals surface area contributed by atoms with Gasteiger partial charge in [0, 0.05) is 6.42 Å². The van der Waals surface area contributed by atoms with E-state index in [0.717, 1.165) is 0 Å². The quantitative estimate of drug-likeness (QED) is 0.403. The van der Waals surface area contributed by atoms with Crippen LogP contribution in [0.1, 0.15) is 6.42 Å². The van der Waals surface area contributed by atoms with Crippen LogP contribution in [0.25, 0.3) is 11.2 Å². The van der Waals surface area contributed by atoms with Crippen molar-refractivity contribution in [2.24, 2.45) is 0 Å². The predicted octanol–water partition coefficient (Wildman–Crippen LogP) is -0.144. The van der Waals surface area contributed by atoms with Crippen LogP contribution in [0.5, 0.6) is 6.01 Å². The van der Waals surface area contributed by atoms with E-state index in [1.54, 1.807) is 0 Å². The molecule has 2 rings (SSSR count). The maximum atomic E-state index is 10.5. The number of rotatable bonds is 7. The van der Waals surface area contributed by atoms with Gasteiger partial charge in [0.25, 0.3) is 0 Å². The SMILES string of the molecule is Nc1nc(OCCCOCP(=O)(O)O)nc2nc[nH]c12. The van der Waals surface area contributed by atoms with Gasteiger partial charge in [-0.25, -0.2) is 4.98 Å². The third-order valence-corrected chi connectivity index (χ3v) is 2.74. The minimum Gasteiger partial charge on any atom is -0.463 e. The van der Waals surface area contributed by atoms with Crippen LogP contribution in [0.3, 0.4) is 0 Å². The first-order chi connectivity index (χ1) is 9.46. The number of aromatic nitrogens is 4. The Bertz CT molecular complexity index is 626. The summed E-state index contributed by atoms with van der Waals surface area (Å²) in [6, 6.07) is 0.0945. The van der Waals surface area contributed by atoms with Crippen molar-refractivity contribution in [3.8, 4) is 6.01 Å². The van der Waals surface area contributed by atoms with Gasteiger partial charge in [-0.2, -0.15) is 9.97 Å². The molecule has 110 valence electrons. The molecule has 0 aliphatic carbocycles. The number of nitrogens with one attached hydrogen (secondary N) is 1. The van der Waals surface area contributed by atoms with Gasteiger partial charge in [-0.1, -0.05) is 0 Å². The Labute approximate surface area is 113 Å². The van der Waals surface area contributed by atoms with Crippen molar-refractivity contribution in [1.82, 2.24) is 19.9 Å². The minimum absolute atomic E-state index is 0.0945. The Morgan fingerprint density at radius 1 is 1.35 bits per heavy atom. The highest BCUT2D eigenvalue weighted by Crippen LogP contribution is 2.33. The van der Waals surface area contributed by atoms with Crippen molar-refractivity contribution >= 4 is 24.6 Å². The predicted molar refractivity (Wildman–Crippen MR) is 69.1 cm³/mol. The molecule has 0 amide bonds. The summed E-state index contributed by atoms with van der Waals surface area (Å²) in [5.41, 5.74) is 6.64. The smallest absolute Gasteiger partial charge is 0.350 e. The van der Waals surface area contributed by atoms with Crippen LogP contribution < -0.4 is 10.5 Å². The highest BCUT2D eigenvalue weighted by atomic mass is 31.2. The minimum atomic E-state index is -4.12. The topological polar surface area (TPSA) is 156 Å². The number of fused-ring (bicyclic) bond motifs is 1. The van der Waals surface area contributed by atoms with E-state index in [9.17, 15) is 4.57 Å². The zero-order valence-corrected chi connectivity index (χ0v) is 11.3. The average Bonchev–Trinajstić information content (AvgIpc) is 2.81. The van der Waals surface area contributed by atoms with Crippen LogP contribution >= 0.6 is 7.60 Å². The first kappa shape index (κ1) is 14.7. The van der Waals surface area contributed by atoms with Crippen molar-refractivity contribution in [2.75, 3.05) is 25.3 Å². The summed E-state index contributed by atoms with van der Waals surface area (Å²) >= 11 is 0. The first-order valence-corrected chi connectivity index (χ1v) is 7.47. The van der Waals surface area contributed by atoms with E-state index in [2.05, 4.69) is 19.9 Å². The van der Waals surface area contributed by atoms with Gasteiger partial charge in [-0.3, -0.25) is 4.57 Å². The number of aromatic amines is 1. The van der Waals surface area contributed by atoms with Crippen LogP contribution in [0, 0.1) is 0 Å². The fourth-order valence-electron chi connectivity index (χ4n) is 1.41. The number of hydrogen-bond acceptors (Lipinski definition) is 7. The molecule has 11 heteroatoms. The van der Waals surface area contributed by atoms with Gasteiger partial charge >= 0.3 is 13.6 Å². The summed E-state index contributed by atoms with van der Waals surface area (Å²) in [5, 5.41) is 0. The zero-order chi connectivity index (χ0) is 14.6. The molecule has 0 aromatic carbocycles. The zero-order valence-electron chi connectivity index (χ0n) is 10.4. The number of nitrogens with two attached hydrogens (primary N) is 1. The van der Waals surface area contributed by atoms with Gasteiger partial charge < -0.3 is 30.0 Å². The second kappa shape index (κ2) is 6.14. The lowest BCUT2D eigenvalue weighted by atomic mass is 10.5. The normalized spacial score (nSPS) is 11.9. The molecule has 20 heavy (non-hydrogen) atoms. The van der Waals surface area contributed by atoms with E-state index in [0.29, 0.717) is 17.6 Å². The number of ether oxygens (including phenoxy) is 2. The lowest BCUT2D eigenvalue weighted by molar-refractivity contribution is 0.138.